The first-order valence-corrected chi connectivity index (χ1v) is 8.39. The third-order valence-corrected chi connectivity index (χ3v) is 4.73. The third-order valence-electron chi connectivity index (χ3n) is 3.88. The lowest BCUT2D eigenvalue weighted by molar-refractivity contribution is -0.140. The van der Waals surface area contributed by atoms with Crippen molar-refractivity contribution in [2.45, 2.75) is 25.7 Å². The Morgan fingerprint density at radius 3 is 2.75 bits per heavy atom. The van der Waals surface area contributed by atoms with Crippen LogP contribution in [-0.2, 0) is 25.7 Å². The molecule has 128 valence electrons. The van der Waals surface area contributed by atoms with Gasteiger partial charge in [-0.25, -0.2) is 4.98 Å². The first-order valence-electron chi connectivity index (χ1n) is 7.51. The molecule has 0 aliphatic carbocycles. The number of fused-ring (bicyclic) bond motifs is 1. The molecular formula is C16H17F3N4S. The number of hydrogen-bond donors (Lipinski definition) is 1. The zero-order valence-electron chi connectivity index (χ0n) is 13.1. The fraction of sp³-hybridized carbons (Fsp3) is 0.375. The summed E-state index contributed by atoms with van der Waals surface area (Å²) >= 11 is 0.997. The largest absolute Gasteiger partial charge is 0.434 e. The highest BCUT2D eigenvalue weighted by atomic mass is 32.1. The zero-order chi connectivity index (χ0) is 17.2. The molecule has 0 radical (unpaired) electrons. The van der Waals surface area contributed by atoms with Crippen LogP contribution in [0, 0.1) is 0 Å². The first-order chi connectivity index (χ1) is 11.5. The number of hydrogen-bond acceptors (Lipinski definition) is 3. The number of aromatic nitrogens is 1. The molecule has 0 bridgehead atoms. The molecule has 0 amide bonds. The highest BCUT2D eigenvalue weighted by molar-refractivity contribution is 7.09. The smallest absolute Gasteiger partial charge is 0.350 e. The Hall–Kier alpha value is -2.09. The van der Waals surface area contributed by atoms with Crippen LogP contribution in [0.2, 0.25) is 0 Å². The maximum Gasteiger partial charge on any atom is 0.434 e. The lowest BCUT2D eigenvalue weighted by Crippen LogP contribution is -2.43. The summed E-state index contributed by atoms with van der Waals surface area (Å²) in [7, 11) is 1.67. The molecule has 4 nitrogen and oxygen atoms in total. The number of nitrogens with zero attached hydrogens (tertiary/aromatic N) is 3. The second kappa shape index (κ2) is 6.80. The van der Waals surface area contributed by atoms with Gasteiger partial charge in [-0.3, -0.25) is 4.99 Å². The predicted octanol–water partition coefficient (Wildman–Crippen LogP) is 3.30. The van der Waals surface area contributed by atoms with Crippen molar-refractivity contribution >= 4 is 17.3 Å². The molecule has 24 heavy (non-hydrogen) atoms. The predicted molar refractivity (Wildman–Crippen MR) is 87.9 cm³/mol. The Morgan fingerprint density at radius 2 is 2.08 bits per heavy atom. The standard InChI is InChI=1S/C16H17F3N4S/c1-20-15(21-8-14-22-13(10-24-14)16(17,18)19)23-7-6-11-4-2-3-5-12(11)9-23/h2-5,10H,6-9H2,1H3,(H,20,21). The summed E-state index contributed by atoms with van der Waals surface area (Å²) in [6.07, 6.45) is -3.47. The highest BCUT2D eigenvalue weighted by Gasteiger charge is 2.33. The van der Waals surface area contributed by atoms with Crippen molar-refractivity contribution in [3.8, 4) is 0 Å². The zero-order valence-corrected chi connectivity index (χ0v) is 13.9. The van der Waals surface area contributed by atoms with E-state index >= 15 is 0 Å². The quantitative estimate of drug-likeness (QED) is 0.665. The number of nitrogens with one attached hydrogen (secondary N) is 1. The summed E-state index contributed by atoms with van der Waals surface area (Å²) in [5.74, 6) is 0.674. The molecule has 0 atom stereocenters. The van der Waals surface area contributed by atoms with E-state index in [1.807, 2.05) is 12.1 Å². The average molecular weight is 354 g/mol. The molecule has 1 aliphatic heterocycles. The molecule has 1 N–H and O–H groups in total. The van der Waals surface area contributed by atoms with Crippen molar-refractivity contribution in [3.63, 3.8) is 0 Å². The molecule has 0 saturated carbocycles. The number of alkyl halides is 3. The van der Waals surface area contributed by atoms with Crippen LogP contribution in [0.5, 0.6) is 0 Å². The van der Waals surface area contributed by atoms with Crippen LogP contribution in [0.15, 0.2) is 34.6 Å². The summed E-state index contributed by atoms with van der Waals surface area (Å²) in [4.78, 5) is 9.97. The van der Waals surface area contributed by atoms with Crippen LogP contribution in [0.25, 0.3) is 0 Å². The Kier molecular flexibility index (Phi) is 4.75. The molecule has 8 heteroatoms. The second-order valence-corrected chi connectivity index (χ2v) is 6.41. The SMILES string of the molecule is CN=C(NCc1nc(C(F)(F)F)cs1)N1CCc2ccccc2C1. The van der Waals surface area contributed by atoms with Gasteiger partial charge in [0.05, 0.1) is 6.54 Å². The number of thiazole rings is 1. The van der Waals surface area contributed by atoms with E-state index in [1.165, 1.54) is 11.1 Å². The first kappa shape index (κ1) is 16.8. The van der Waals surface area contributed by atoms with Gasteiger partial charge in [0.25, 0.3) is 0 Å². The monoisotopic (exact) mass is 354 g/mol. The minimum Gasteiger partial charge on any atom is -0.350 e. The Morgan fingerprint density at radius 1 is 1.33 bits per heavy atom. The van der Waals surface area contributed by atoms with E-state index in [1.54, 1.807) is 7.05 Å². The van der Waals surface area contributed by atoms with E-state index < -0.39 is 11.9 Å². The number of benzene rings is 1. The maximum atomic E-state index is 12.6. The molecule has 0 saturated heterocycles. The van der Waals surface area contributed by atoms with Crippen molar-refractivity contribution in [3.05, 3.63) is 51.5 Å². The average Bonchev–Trinajstić information content (AvgIpc) is 3.04. The molecule has 0 unspecified atom stereocenters. The summed E-state index contributed by atoms with van der Waals surface area (Å²) in [6.45, 7) is 1.79. The summed E-state index contributed by atoms with van der Waals surface area (Å²) < 4.78 is 37.8. The van der Waals surface area contributed by atoms with Crippen molar-refractivity contribution in [1.82, 2.24) is 15.2 Å². The van der Waals surface area contributed by atoms with Gasteiger partial charge in [-0.2, -0.15) is 13.2 Å². The van der Waals surface area contributed by atoms with Gasteiger partial charge in [-0.1, -0.05) is 24.3 Å². The van der Waals surface area contributed by atoms with Crippen molar-refractivity contribution in [2.75, 3.05) is 13.6 Å². The summed E-state index contributed by atoms with van der Waals surface area (Å²) in [6, 6.07) is 8.25. The van der Waals surface area contributed by atoms with Gasteiger partial charge in [0.2, 0.25) is 0 Å². The minimum absolute atomic E-state index is 0.228. The van der Waals surface area contributed by atoms with E-state index in [-0.39, 0.29) is 6.54 Å². The van der Waals surface area contributed by atoms with Gasteiger partial charge in [0.1, 0.15) is 5.01 Å². The van der Waals surface area contributed by atoms with E-state index in [2.05, 4.69) is 32.3 Å². The lowest BCUT2D eigenvalue weighted by Gasteiger charge is -2.31. The summed E-state index contributed by atoms with van der Waals surface area (Å²) in [5.41, 5.74) is 1.74. The topological polar surface area (TPSA) is 40.5 Å². The van der Waals surface area contributed by atoms with E-state index in [4.69, 9.17) is 0 Å². The van der Waals surface area contributed by atoms with Crippen LogP contribution in [0.4, 0.5) is 13.2 Å². The van der Waals surface area contributed by atoms with E-state index in [0.29, 0.717) is 11.0 Å². The van der Waals surface area contributed by atoms with Gasteiger partial charge in [-0.15, -0.1) is 11.3 Å². The van der Waals surface area contributed by atoms with Crippen molar-refractivity contribution in [2.24, 2.45) is 4.99 Å². The van der Waals surface area contributed by atoms with Crippen LogP contribution in [0.3, 0.4) is 0 Å². The molecule has 1 aliphatic rings. The molecular weight excluding hydrogens is 337 g/mol. The fourth-order valence-corrected chi connectivity index (χ4v) is 3.43. The Bertz CT molecular complexity index is 739. The molecule has 0 fully saturated rings. The third kappa shape index (κ3) is 3.69. The molecule has 1 aromatic heterocycles. The molecule has 2 aromatic rings. The summed E-state index contributed by atoms with van der Waals surface area (Å²) in [5, 5.41) is 4.54. The van der Waals surface area contributed by atoms with Crippen LogP contribution < -0.4 is 5.32 Å². The second-order valence-electron chi connectivity index (χ2n) is 5.47. The van der Waals surface area contributed by atoms with E-state index in [0.717, 1.165) is 36.2 Å². The molecule has 3 rings (SSSR count). The van der Waals surface area contributed by atoms with Crippen molar-refractivity contribution < 1.29 is 13.2 Å². The van der Waals surface area contributed by atoms with E-state index in [9.17, 15) is 13.2 Å². The number of rotatable bonds is 2. The van der Waals surface area contributed by atoms with Gasteiger partial charge in [0.15, 0.2) is 11.7 Å². The normalized spacial score (nSPS) is 15.3. The minimum atomic E-state index is -4.40. The molecule has 0 spiro atoms. The van der Waals surface area contributed by atoms with Gasteiger partial charge in [0, 0.05) is 25.5 Å². The Labute approximate surface area is 142 Å². The maximum absolute atomic E-state index is 12.6. The van der Waals surface area contributed by atoms with Crippen LogP contribution >= 0.6 is 11.3 Å². The fourth-order valence-electron chi connectivity index (χ4n) is 2.69. The lowest BCUT2D eigenvalue weighted by atomic mass is 10.0. The van der Waals surface area contributed by atoms with Crippen LogP contribution in [0.1, 0.15) is 21.8 Å². The molecule has 2 heterocycles. The number of aliphatic imine (C=N–C) groups is 1. The number of guanidine groups is 1. The van der Waals surface area contributed by atoms with Crippen molar-refractivity contribution in [1.29, 1.82) is 0 Å². The molecule has 1 aromatic carbocycles. The highest BCUT2D eigenvalue weighted by Crippen LogP contribution is 2.30. The Balaban J connectivity index is 1.63. The van der Waals surface area contributed by atoms with Gasteiger partial charge < -0.3 is 10.2 Å². The van der Waals surface area contributed by atoms with Gasteiger partial charge in [-0.05, 0) is 17.5 Å². The number of halogens is 3. The van der Waals surface area contributed by atoms with Crippen LogP contribution in [-0.4, -0.2) is 29.4 Å². The van der Waals surface area contributed by atoms with Gasteiger partial charge >= 0.3 is 6.18 Å².